The van der Waals surface area contributed by atoms with E-state index in [1.54, 1.807) is 0 Å². The fraction of sp³-hybridized carbons (Fsp3) is 1.00. The van der Waals surface area contributed by atoms with Crippen molar-refractivity contribution in [3.63, 3.8) is 0 Å². The van der Waals surface area contributed by atoms with Gasteiger partial charge in [0, 0.05) is 6.54 Å². The highest BCUT2D eigenvalue weighted by Crippen LogP contribution is 2.34. The van der Waals surface area contributed by atoms with Gasteiger partial charge in [-0.15, -0.1) is 0 Å². The predicted octanol–water partition coefficient (Wildman–Crippen LogP) is -0.295. The van der Waals surface area contributed by atoms with Crippen LogP contribution >= 0.6 is 7.82 Å². The largest absolute Gasteiger partial charge is 0.469 e. The fourth-order valence-electron chi connectivity index (χ4n) is 0.414. The van der Waals surface area contributed by atoms with Crippen molar-refractivity contribution in [1.29, 1.82) is 0 Å². The summed E-state index contributed by atoms with van der Waals surface area (Å²) in [7, 11) is -4.25. The van der Waals surface area contributed by atoms with Gasteiger partial charge >= 0.3 is 7.82 Å². The lowest BCUT2D eigenvalue weighted by Gasteiger charge is -2.04. The Balaban J connectivity index is 3.13. The summed E-state index contributed by atoms with van der Waals surface area (Å²) in [6.45, 7) is 3.17. The van der Waals surface area contributed by atoms with E-state index in [0.717, 1.165) is 6.54 Å². The summed E-state index contributed by atoms with van der Waals surface area (Å²) in [5.41, 5.74) is 0. The lowest BCUT2D eigenvalue weighted by atomic mass is 10.6. The van der Waals surface area contributed by atoms with E-state index in [2.05, 4.69) is 9.84 Å². The van der Waals surface area contributed by atoms with Gasteiger partial charge in [-0.2, -0.15) is 0 Å². The van der Waals surface area contributed by atoms with Crippen LogP contribution < -0.4 is 5.32 Å². The maximum atomic E-state index is 10.0. The zero-order valence-electron chi connectivity index (χ0n) is 5.78. The topological polar surface area (TPSA) is 78.8 Å². The first-order valence-electron chi connectivity index (χ1n) is 2.97. The Hall–Kier alpha value is 0.0700. The molecule has 0 aromatic carbocycles. The molecule has 3 N–H and O–H groups in total. The van der Waals surface area contributed by atoms with Gasteiger partial charge in [-0.25, -0.2) is 4.57 Å². The van der Waals surface area contributed by atoms with Gasteiger partial charge in [0.2, 0.25) is 0 Å². The third kappa shape index (κ3) is 8.07. The van der Waals surface area contributed by atoms with Crippen LogP contribution in [0.3, 0.4) is 0 Å². The van der Waals surface area contributed by atoms with Crippen molar-refractivity contribution >= 4 is 7.82 Å². The van der Waals surface area contributed by atoms with E-state index in [1.807, 2.05) is 6.92 Å². The number of hydrogen-bond donors (Lipinski definition) is 3. The highest BCUT2D eigenvalue weighted by molar-refractivity contribution is 7.46. The van der Waals surface area contributed by atoms with E-state index >= 15 is 0 Å². The van der Waals surface area contributed by atoms with Crippen molar-refractivity contribution < 1.29 is 18.9 Å². The Morgan fingerprint density at radius 3 is 2.60 bits per heavy atom. The smallest absolute Gasteiger partial charge is 0.315 e. The molecule has 0 rings (SSSR count). The lowest BCUT2D eigenvalue weighted by molar-refractivity contribution is 0.198. The molecule has 0 fully saturated rings. The second-order valence-electron chi connectivity index (χ2n) is 1.68. The summed E-state index contributed by atoms with van der Waals surface area (Å²) in [6, 6.07) is 0. The van der Waals surface area contributed by atoms with Crippen molar-refractivity contribution in [3.8, 4) is 0 Å². The summed E-state index contributed by atoms with van der Waals surface area (Å²) in [5, 5.41) is 2.85. The van der Waals surface area contributed by atoms with Gasteiger partial charge in [-0.3, -0.25) is 4.52 Å². The van der Waals surface area contributed by atoms with Crippen LogP contribution in [0.4, 0.5) is 0 Å². The number of nitrogens with one attached hydrogen (secondary N) is 1. The van der Waals surface area contributed by atoms with Gasteiger partial charge in [-0.1, -0.05) is 6.92 Å². The Morgan fingerprint density at radius 2 is 2.20 bits per heavy atom. The molecule has 0 aromatic heterocycles. The molecule has 0 atom stereocenters. The summed E-state index contributed by atoms with van der Waals surface area (Å²) >= 11 is 0. The molecule has 0 heterocycles. The number of phosphoric ester groups is 1. The van der Waals surface area contributed by atoms with Crippen LogP contribution in [-0.4, -0.2) is 29.5 Å². The molecule has 0 amide bonds. The van der Waals surface area contributed by atoms with Gasteiger partial charge < -0.3 is 15.1 Å². The van der Waals surface area contributed by atoms with Crippen LogP contribution in [0.5, 0.6) is 0 Å². The van der Waals surface area contributed by atoms with Crippen molar-refractivity contribution in [2.45, 2.75) is 6.92 Å². The maximum Gasteiger partial charge on any atom is 0.469 e. The van der Waals surface area contributed by atoms with Crippen molar-refractivity contribution in [1.82, 2.24) is 5.32 Å². The monoisotopic (exact) mass is 169 g/mol. The minimum Gasteiger partial charge on any atom is -0.315 e. The Bertz CT molecular complexity index is 122. The van der Waals surface area contributed by atoms with Gasteiger partial charge in [-0.05, 0) is 6.54 Å². The number of rotatable bonds is 5. The molecule has 0 bridgehead atoms. The third-order valence-electron chi connectivity index (χ3n) is 0.788. The molecule has 62 valence electrons. The quantitative estimate of drug-likeness (QED) is 0.389. The van der Waals surface area contributed by atoms with Crippen LogP contribution in [0.2, 0.25) is 0 Å². The standard InChI is InChI=1S/C4H12NO4P/c1-2-5-3-4-9-10(6,7)8/h5H,2-4H2,1H3,(H2,6,7,8). The highest BCUT2D eigenvalue weighted by atomic mass is 31.2. The summed E-state index contributed by atoms with van der Waals surface area (Å²) in [4.78, 5) is 16.4. The molecule has 5 nitrogen and oxygen atoms in total. The van der Waals surface area contributed by atoms with Gasteiger partial charge in [0.05, 0.1) is 6.61 Å². The normalized spacial score (nSPS) is 11.9. The average molecular weight is 169 g/mol. The molecule has 10 heavy (non-hydrogen) atoms. The molecule has 0 unspecified atom stereocenters. The van der Waals surface area contributed by atoms with E-state index in [4.69, 9.17) is 9.79 Å². The Morgan fingerprint density at radius 1 is 1.60 bits per heavy atom. The Kier molecular flexibility index (Phi) is 4.85. The summed E-state index contributed by atoms with van der Waals surface area (Å²) in [6.07, 6.45) is 0. The molecule has 0 aliphatic rings. The molecule has 0 spiro atoms. The molecule has 0 aliphatic carbocycles. The summed E-state index contributed by atoms with van der Waals surface area (Å²) in [5.74, 6) is 0. The molecule has 0 saturated carbocycles. The molecule has 6 heteroatoms. The highest BCUT2D eigenvalue weighted by Gasteiger charge is 2.11. The number of phosphoric acid groups is 1. The van der Waals surface area contributed by atoms with Gasteiger partial charge in [0.1, 0.15) is 0 Å². The second kappa shape index (κ2) is 4.82. The molecular weight excluding hydrogens is 157 g/mol. The van der Waals surface area contributed by atoms with Crippen molar-refractivity contribution in [2.24, 2.45) is 0 Å². The van der Waals surface area contributed by atoms with E-state index in [9.17, 15) is 4.57 Å². The SMILES string of the molecule is CCNCCOP(=O)(O)O. The van der Waals surface area contributed by atoms with E-state index in [-0.39, 0.29) is 6.61 Å². The van der Waals surface area contributed by atoms with Gasteiger partial charge in [0.25, 0.3) is 0 Å². The predicted molar refractivity (Wildman–Crippen MR) is 36.5 cm³/mol. The fourth-order valence-corrected chi connectivity index (χ4v) is 0.743. The van der Waals surface area contributed by atoms with E-state index in [1.165, 1.54) is 0 Å². The van der Waals surface area contributed by atoms with E-state index < -0.39 is 7.82 Å². The lowest BCUT2D eigenvalue weighted by Crippen LogP contribution is -2.18. The number of hydrogen-bond acceptors (Lipinski definition) is 3. The minimum absolute atomic E-state index is 0.0398. The zero-order valence-corrected chi connectivity index (χ0v) is 6.67. The minimum atomic E-state index is -4.25. The Labute approximate surface area is 59.6 Å². The molecule has 0 aromatic rings. The molecule has 0 aliphatic heterocycles. The molecular formula is C4H12NO4P. The molecule has 0 saturated heterocycles. The van der Waals surface area contributed by atoms with Crippen LogP contribution in [0, 0.1) is 0 Å². The van der Waals surface area contributed by atoms with Crippen molar-refractivity contribution in [3.05, 3.63) is 0 Å². The van der Waals surface area contributed by atoms with Crippen LogP contribution in [0.25, 0.3) is 0 Å². The maximum absolute atomic E-state index is 10.0. The van der Waals surface area contributed by atoms with Crippen molar-refractivity contribution in [2.75, 3.05) is 19.7 Å². The first-order valence-corrected chi connectivity index (χ1v) is 4.50. The zero-order chi connectivity index (χ0) is 8.04. The first-order chi connectivity index (χ1) is 4.56. The van der Waals surface area contributed by atoms with Gasteiger partial charge in [0.15, 0.2) is 0 Å². The molecule has 0 radical (unpaired) electrons. The van der Waals surface area contributed by atoms with Crippen LogP contribution in [-0.2, 0) is 9.09 Å². The second-order valence-corrected chi connectivity index (χ2v) is 2.92. The van der Waals surface area contributed by atoms with E-state index in [0.29, 0.717) is 6.54 Å². The summed E-state index contributed by atoms with van der Waals surface area (Å²) < 4.78 is 14.2. The average Bonchev–Trinajstić information content (AvgIpc) is 1.78. The van der Waals surface area contributed by atoms with Crippen LogP contribution in [0.1, 0.15) is 6.92 Å². The van der Waals surface area contributed by atoms with Crippen LogP contribution in [0.15, 0.2) is 0 Å². The third-order valence-corrected chi connectivity index (χ3v) is 1.31. The number of likely N-dealkylation sites (N-methyl/N-ethyl adjacent to an activating group) is 1. The first kappa shape index (κ1) is 10.1.